The van der Waals surface area contributed by atoms with Crippen LogP contribution in [0.4, 0.5) is 0 Å². The molecule has 16 heavy (non-hydrogen) atoms. The minimum absolute atomic E-state index is 0.792. The molecule has 0 heterocycles. The van der Waals surface area contributed by atoms with Gasteiger partial charge in [0.15, 0.2) is 0 Å². The first-order valence-electron chi connectivity index (χ1n) is 7.49. The van der Waals surface area contributed by atoms with E-state index in [1.54, 1.807) is 0 Å². The van der Waals surface area contributed by atoms with E-state index in [0.29, 0.717) is 0 Å². The third kappa shape index (κ3) is 2.45. The molecular formula is C15H27N. The summed E-state index contributed by atoms with van der Waals surface area (Å²) in [5, 5.41) is 3.80. The highest BCUT2D eigenvalue weighted by molar-refractivity contribution is 5.05. The summed E-state index contributed by atoms with van der Waals surface area (Å²) in [4.78, 5) is 0. The van der Waals surface area contributed by atoms with E-state index in [0.717, 1.165) is 23.2 Å². The Bertz CT molecular complexity index is 240. The molecule has 0 aromatic carbocycles. The van der Waals surface area contributed by atoms with Gasteiger partial charge < -0.3 is 5.32 Å². The van der Waals surface area contributed by atoms with Crippen LogP contribution in [0.15, 0.2) is 0 Å². The van der Waals surface area contributed by atoms with Crippen LogP contribution in [0.25, 0.3) is 0 Å². The van der Waals surface area contributed by atoms with Crippen LogP contribution in [0, 0.1) is 23.2 Å². The van der Waals surface area contributed by atoms with Crippen molar-refractivity contribution in [1.82, 2.24) is 5.32 Å². The molecule has 3 rings (SSSR count). The van der Waals surface area contributed by atoms with Crippen LogP contribution in [0.3, 0.4) is 0 Å². The molecule has 0 radical (unpaired) electrons. The Kier molecular flexibility index (Phi) is 2.99. The van der Waals surface area contributed by atoms with Gasteiger partial charge in [0, 0.05) is 6.54 Å². The van der Waals surface area contributed by atoms with Crippen molar-refractivity contribution in [3.8, 4) is 0 Å². The molecule has 1 heteroatoms. The molecule has 3 saturated carbocycles. The van der Waals surface area contributed by atoms with Crippen molar-refractivity contribution in [3.63, 3.8) is 0 Å². The zero-order chi connectivity index (χ0) is 11.0. The van der Waals surface area contributed by atoms with Crippen molar-refractivity contribution in [2.24, 2.45) is 23.2 Å². The summed E-state index contributed by atoms with van der Waals surface area (Å²) in [5.41, 5.74) is 0.792. The fraction of sp³-hybridized carbons (Fsp3) is 1.00. The second kappa shape index (κ2) is 4.33. The van der Waals surface area contributed by atoms with Gasteiger partial charge in [0.1, 0.15) is 0 Å². The van der Waals surface area contributed by atoms with Crippen molar-refractivity contribution >= 4 is 0 Å². The Hall–Kier alpha value is -0.0400. The Balaban J connectivity index is 1.36. The van der Waals surface area contributed by atoms with Crippen LogP contribution < -0.4 is 5.32 Å². The summed E-state index contributed by atoms with van der Waals surface area (Å²) in [6, 6.07) is 0. The molecule has 0 bridgehead atoms. The first kappa shape index (κ1) is 11.1. The first-order valence-corrected chi connectivity index (χ1v) is 7.49. The van der Waals surface area contributed by atoms with Crippen LogP contribution in [-0.2, 0) is 0 Å². The average Bonchev–Trinajstić information content (AvgIpc) is 3.13. The van der Waals surface area contributed by atoms with E-state index in [-0.39, 0.29) is 0 Å². The molecule has 1 nitrogen and oxygen atoms in total. The molecule has 1 N–H and O–H groups in total. The summed E-state index contributed by atoms with van der Waals surface area (Å²) in [5.74, 6) is 3.09. The standard InChI is InChI=1S/C15H27N/c1-12-3-2-4-13(9-12)10-16-11-15(7-8-15)14-5-6-14/h12-14,16H,2-11H2,1H3. The Morgan fingerprint density at radius 3 is 2.56 bits per heavy atom. The van der Waals surface area contributed by atoms with Crippen molar-refractivity contribution in [3.05, 3.63) is 0 Å². The highest BCUT2D eigenvalue weighted by atomic mass is 14.9. The van der Waals surface area contributed by atoms with Gasteiger partial charge in [-0.3, -0.25) is 0 Å². The highest BCUT2D eigenvalue weighted by Crippen LogP contribution is 2.60. The molecule has 0 aliphatic heterocycles. The first-order chi connectivity index (χ1) is 7.78. The lowest BCUT2D eigenvalue weighted by molar-refractivity contribution is 0.265. The molecule has 0 aromatic heterocycles. The molecule has 3 aliphatic rings. The Morgan fingerprint density at radius 1 is 1.12 bits per heavy atom. The van der Waals surface area contributed by atoms with Gasteiger partial charge >= 0.3 is 0 Å². The molecule has 0 amide bonds. The van der Waals surface area contributed by atoms with Crippen LogP contribution in [0.2, 0.25) is 0 Å². The number of hydrogen-bond donors (Lipinski definition) is 1. The molecular weight excluding hydrogens is 194 g/mol. The minimum Gasteiger partial charge on any atom is -0.316 e. The zero-order valence-electron chi connectivity index (χ0n) is 10.8. The summed E-state index contributed by atoms with van der Waals surface area (Å²) in [6.45, 7) is 5.07. The molecule has 0 aromatic rings. The fourth-order valence-corrected chi connectivity index (χ4v) is 3.86. The predicted octanol–water partition coefficient (Wildman–Crippen LogP) is 3.59. The second-order valence-electron chi connectivity index (χ2n) is 6.91. The maximum atomic E-state index is 3.80. The summed E-state index contributed by atoms with van der Waals surface area (Å²) in [6.07, 6.45) is 12.0. The molecule has 3 aliphatic carbocycles. The smallest absolute Gasteiger partial charge is 0.00106 e. The molecule has 0 spiro atoms. The third-order valence-corrected chi connectivity index (χ3v) is 5.29. The maximum Gasteiger partial charge on any atom is 0.00106 e. The van der Waals surface area contributed by atoms with E-state index in [4.69, 9.17) is 0 Å². The fourth-order valence-electron chi connectivity index (χ4n) is 3.86. The van der Waals surface area contributed by atoms with Crippen LogP contribution >= 0.6 is 0 Å². The number of rotatable bonds is 5. The summed E-state index contributed by atoms with van der Waals surface area (Å²) < 4.78 is 0. The highest BCUT2D eigenvalue weighted by Gasteiger charge is 2.53. The van der Waals surface area contributed by atoms with Crippen molar-refractivity contribution < 1.29 is 0 Å². The van der Waals surface area contributed by atoms with Gasteiger partial charge in [0.05, 0.1) is 0 Å². The van der Waals surface area contributed by atoms with Gasteiger partial charge in [-0.1, -0.05) is 19.8 Å². The van der Waals surface area contributed by atoms with E-state index < -0.39 is 0 Å². The maximum absolute atomic E-state index is 3.80. The normalized spacial score (nSPS) is 37.3. The lowest BCUT2D eigenvalue weighted by Gasteiger charge is -2.27. The Labute approximate surface area is 100 Å². The summed E-state index contributed by atoms with van der Waals surface area (Å²) in [7, 11) is 0. The topological polar surface area (TPSA) is 12.0 Å². The average molecular weight is 221 g/mol. The predicted molar refractivity (Wildman–Crippen MR) is 68.4 cm³/mol. The van der Waals surface area contributed by atoms with Gasteiger partial charge in [-0.2, -0.15) is 0 Å². The SMILES string of the molecule is CC1CCCC(CNCC2(C3CC3)CC2)C1. The molecule has 0 saturated heterocycles. The van der Waals surface area contributed by atoms with E-state index in [1.165, 1.54) is 64.5 Å². The van der Waals surface area contributed by atoms with Gasteiger partial charge in [-0.05, 0) is 68.2 Å². The molecule has 92 valence electrons. The largest absolute Gasteiger partial charge is 0.316 e. The van der Waals surface area contributed by atoms with Crippen molar-refractivity contribution in [1.29, 1.82) is 0 Å². The van der Waals surface area contributed by atoms with Crippen molar-refractivity contribution in [2.45, 2.75) is 58.3 Å². The van der Waals surface area contributed by atoms with Gasteiger partial charge in [-0.15, -0.1) is 0 Å². The number of nitrogens with one attached hydrogen (secondary N) is 1. The van der Waals surface area contributed by atoms with E-state index in [1.807, 2.05) is 0 Å². The number of hydrogen-bond acceptors (Lipinski definition) is 1. The molecule has 3 fully saturated rings. The quantitative estimate of drug-likeness (QED) is 0.748. The van der Waals surface area contributed by atoms with Crippen molar-refractivity contribution in [2.75, 3.05) is 13.1 Å². The summed E-state index contributed by atoms with van der Waals surface area (Å²) >= 11 is 0. The molecule has 2 atom stereocenters. The lowest BCUT2D eigenvalue weighted by Crippen LogP contribution is -2.31. The van der Waals surface area contributed by atoms with Crippen LogP contribution in [0.5, 0.6) is 0 Å². The van der Waals surface area contributed by atoms with E-state index in [9.17, 15) is 0 Å². The second-order valence-corrected chi connectivity index (χ2v) is 6.91. The van der Waals surface area contributed by atoms with Gasteiger partial charge in [0.2, 0.25) is 0 Å². The van der Waals surface area contributed by atoms with E-state index in [2.05, 4.69) is 12.2 Å². The monoisotopic (exact) mass is 221 g/mol. The molecule has 2 unspecified atom stereocenters. The van der Waals surface area contributed by atoms with E-state index >= 15 is 0 Å². The Morgan fingerprint density at radius 2 is 1.94 bits per heavy atom. The van der Waals surface area contributed by atoms with Gasteiger partial charge in [0.25, 0.3) is 0 Å². The van der Waals surface area contributed by atoms with Crippen LogP contribution in [-0.4, -0.2) is 13.1 Å². The van der Waals surface area contributed by atoms with Gasteiger partial charge in [-0.25, -0.2) is 0 Å². The van der Waals surface area contributed by atoms with Crippen LogP contribution in [0.1, 0.15) is 58.3 Å². The lowest BCUT2D eigenvalue weighted by atomic mass is 9.82. The minimum atomic E-state index is 0.792. The third-order valence-electron chi connectivity index (χ3n) is 5.29. The zero-order valence-corrected chi connectivity index (χ0v) is 10.8.